The number of rotatable bonds is 5. The number of anilines is 1. The molecule has 3 rings (SSSR count). The topological polar surface area (TPSA) is 33.1 Å². The van der Waals surface area contributed by atoms with Gasteiger partial charge in [0.2, 0.25) is 5.95 Å². The maximum absolute atomic E-state index is 4.69. The van der Waals surface area contributed by atoms with E-state index in [1.807, 2.05) is 0 Å². The summed E-state index contributed by atoms with van der Waals surface area (Å²) in [6.45, 7) is 7.95. The van der Waals surface area contributed by atoms with Crippen molar-refractivity contribution in [1.82, 2.24) is 14.5 Å². The predicted octanol–water partition coefficient (Wildman–Crippen LogP) is 3.20. The molecule has 2 fully saturated rings. The van der Waals surface area contributed by atoms with Crippen LogP contribution < -0.4 is 5.32 Å². The number of hydrogen-bond acceptors (Lipinski definition) is 3. The highest BCUT2D eigenvalue weighted by Crippen LogP contribution is 2.32. The Balaban J connectivity index is 1.61. The molecule has 1 unspecified atom stereocenters. The highest BCUT2D eigenvalue weighted by molar-refractivity contribution is 5.30. The van der Waals surface area contributed by atoms with Crippen molar-refractivity contribution in [2.45, 2.75) is 64.5 Å². The molecular formula is C16H28N4. The monoisotopic (exact) mass is 276 g/mol. The van der Waals surface area contributed by atoms with E-state index < -0.39 is 0 Å². The van der Waals surface area contributed by atoms with Crippen LogP contribution in [0.15, 0.2) is 6.20 Å². The van der Waals surface area contributed by atoms with Crippen molar-refractivity contribution in [2.75, 3.05) is 25.0 Å². The quantitative estimate of drug-likeness (QED) is 0.896. The maximum atomic E-state index is 4.69. The van der Waals surface area contributed by atoms with E-state index in [0.717, 1.165) is 18.2 Å². The van der Waals surface area contributed by atoms with Crippen molar-refractivity contribution in [3.63, 3.8) is 0 Å². The Labute approximate surface area is 122 Å². The third-order valence-electron chi connectivity index (χ3n) is 4.89. The van der Waals surface area contributed by atoms with Crippen LogP contribution in [0, 0.1) is 6.92 Å². The van der Waals surface area contributed by atoms with E-state index in [1.165, 1.54) is 51.6 Å². The number of nitrogens with zero attached hydrogens (tertiary/aromatic N) is 3. The number of hydrogen-bond donors (Lipinski definition) is 1. The van der Waals surface area contributed by atoms with Crippen LogP contribution in [-0.4, -0.2) is 40.1 Å². The fourth-order valence-corrected chi connectivity index (χ4v) is 3.66. The summed E-state index contributed by atoms with van der Waals surface area (Å²) >= 11 is 0. The largest absolute Gasteiger partial charge is 0.354 e. The Hall–Kier alpha value is -1.03. The molecule has 0 spiro atoms. The van der Waals surface area contributed by atoms with Gasteiger partial charge in [0.15, 0.2) is 0 Å². The van der Waals surface area contributed by atoms with Crippen molar-refractivity contribution in [1.29, 1.82) is 0 Å². The Morgan fingerprint density at radius 1 is 1.25 bits per heavy atom. The predicted molar refractivity (Wildman–Crippen MR) is 83.2 cm³/mol. The van der Waals surface area contributed by atoms with Gasteiger partial charge in [-0.3, -0.25) is 4.90 Å². The van der Waals surface area contributed by atoms with Crippen molar-refractivity contribution in [2.24, 2.45) is 0 Å². The van der Waals surface area contributed by atoms with Gasteiger partial charge in [-0.15, -0.1) is 0 Å². The summed E-state index contributed by atoms with van der Waals surface area (Å²) < 4.78 is 2.39. The van der Waals surface area contributed by atoms with Gasteiger partial charge in [0, 0.05) is 24.8 Å². The van der Waals surface area contributed by atoms with Crippen LogP contribution in [0.5, 0.6) is 0 Å². The molecule has 112 valence electrons. The third-order valence-corrected chi connectivity index (χ3v) is 4.89. The summed E-state index contributed by atoms with van der Waals surface area (Å²) in [5, 5.41) is 3.60. The summed E-state index contributed by atoms with van der Waals surface area (Å²) in [5.41, 5.74) is 1.13. The van der Waals surface area contributed by atoms with Gasteiger partial charge in [-0.2, -0.15) is 0 Å². The molecule has 1 atom stereocenters. The first-order valence-corrected chi connectivity index (χ1v) is 8.27. The Kier molecular flexibility index (Phi) is 4.29. The van der Waals surface area contributed by atoms with Crippen LogP contribution in [0.25, 0.3) is 0 Å². The molecule has 0 radical (unpaired) electrons. The average Bonchev–Trinajstić information content (AvgIpc) is 3.17. The average molecular weight is 276 g/mol. The molecule has 4 nitrogen and oxygen atoms in total. The minimum atomic E-state index is 0.603. The molecule has 1 saturated heterocycles. The normalized spacial score (nSPS) is 22.5. The molecular weight excluding hydrogens is 248 g/mol. The molecule has 0 amide bonds. The van der Waals surface area contributed by atoms with Crippen molar-refractivity contribution in [3.8, 4) is 0 Å². The van der Waals surface area contributed by atoms with Crippen LogP contribution in [0.3, 0.4) is 0 Å². The van der Waals surface area contributed by atoms with E-state index in [0.29, 0.717) is 12.1 Å². The van der Waals surface area contributed by atoms with Crippen LogP contribution in [-0.2, 0) is 0 Å². The van der Waals surface area contributed by atoms with Gasteiger partial charge in [0.05, 0.1) is 5.69 Å². The fraction of sp³-hybridized carbons (Fsp3) is 0.812. The van der Waals surface area contributed by atoms with Gasteiger partial charge in [-0.1, -0.05) is 12.8 Å². The number of nitrogens with one attached hydrogen (secondary N) is 1. The van der Waals surface area contributed by atoms with E-state index in [4.69, 9.17) is 0 Å². The van der Waals surface area contributed by atoms with Crippen molar-refractivity contribution >= 4 is 5.95 Å². The minimum Gasteiger partial charge on any atom is -0.354 e. The molecule has 1 aliphatic carbocycles. The summed E-state index contributed by atoms with van der Waals surface area (Å²) in [5.74, 6) is 1.08. The highest BCUT2D eigenvalue weighted by Gasteiger charge is 2.22. The van der Waals surface area contributed by atoms with Gasteiger partial charge >= 0.3 is 0 Å². The number of aromatic nitrogens is 2. The first-order chi connectivity index (χ1) is 9.74. The van der Waals surface area contributed by atoms with Crippen LogP contribution in [0.2, 0.25) is 0 Å². The molecule has 2 aliphatic rings. The summed E-state index contributed by atoms with van der Waals surface area (Å²) in [6, 6.07) is 1.27. The molecule has 1 aromatic heterocycles. The Morgan fingerprint density at radius 2 is 1.95 bits per heavy atom. The highest BCUT2D eigenvalue weighted by atomic mass is 15.2. The molecule has 4 heteroatoms. The second-order valence-electron chi connectivity index (χ2n) is 6.52. The third kappa shape index (κ3) is 3.00. The van der Waals surface area contributed by atoms with E-state index in [-0.39, 0.29) is 0 Å². The number of likely N-dealkylation sites (tertiary alicyclic amines) is 1. The van der Waals surface area contributed by atoms with Gasteiger partial charge in [0.1, 0.15) is 0 Å². The van der Waals surface area contributed by atoms with Crippen LogP contribution in [0.1, 0.15) is 57.2 Å². The van der Waals surface area contributed by atoms with E-state index in [1.54, 1.807) is 0 Å². The van der Waals surface area contributed by atoms with E-state index in [2.05, 4.69) is 39.8 Å². The van der Waals surface area contributed by atoms with Gasteiger partial charge in [0.25, 0.3) is 0 Å². The van der Waals surface area contributed by atoms with E-state index >= 15 is 0 Å². The smallest absolute Gasteiger partial charge is 0.203 e. The lowest BCUT2D eigenvalue weighted by molar-refractivity contribution is 0.268. The lowest BCUT2D eigenvalue weighted by Gasteiger charge is -2.24. The Bertz CT molecular complexity index is 428. The fourth-order valence-electron chi connectivity index (χ4n) is 3.66. The Morgan fingerprint density at radius 3 is 2.65 bits per heavy atom. The molecule has 1 aliphatic heterocycles. The first-order valence-electron chi connectivity index (χ1n) is 8.27. The second-order valence-corrected chi connectivity index (χ2v) is 6.52. The van der Waals surface area contributed by atoms with Crippen molar-refractivity contribution in [3.05, 3.63) is 11.9 Å². The second kappa shape index (κ2) is 6.17. The first kappa shape index (κ1) is 13.9. The standard InChI is InChI=1S/C16H28N4/c1-13-12-20(15-7-3-4-8-15)16(18-13)17-11-14(2)19-9-5-6-10-19/h12,14-15H,3-11H2,1-2H3,(H,17,18). The summed E-state index contributed by atoms with van der Waals surface area (Å²) in [7, 11) is 0. The lowest BCUT2D eigenvalue weighted by atomic mass is 10.2. The zero-order valence-corrected chi connectivity index (χ0v) is 12.9. The number of aryl methyl sites for hydroxylation is 1. The summed E-state index contributed by atoms with van der Waals surface area (Å²) in [6.07, 6.45) is 10.3. The molecule has 1 saturated carbocycles. The molecule has 1 N–H and O–H groups in total. The van der Waals surface area contributed by atoms with Crippen LogP contribution >= 0.6 is 0 Å². The lowest BCUT2D eigenvalue weighted by Crippen LogP contribution is -2.36. The minimum absolute atomic E-state index is 0.603. The van der Waals surface area contributed by atoms with Gasteiger partial charge in [-0.05, 0) is 52.6 Å². The maximum Gasteiger partial charge on any atom is 0.203 e. The van der Waals surface area contributed by atoms with Crippen molar-refractivity contribution < 1.29 is 0 Å². The summed E-state index contributed by atoms with van der Waals surface area (Å²) in [4.78, 5) is 7.27. The number of imidazole rings is 1. The SMILES string of the molecule is Cc1cn(C2CCCC2)c(NCC(C)N2CCCC2)n1. The van der Waals surface area contributed by atoms with Gasteiger partial charge in [-0.25, -0.2) is 4.98 Å². The molecule has 0 bridgehead atoms. The van der Waals surface area contributed by atoms with Gasteiger partial charge < -0.3 is 9.88 Å². The molecule has 20 heavy (non-hydrogen) atoms. The van der Waals surface area contributed by atoms with E-state index in [9.17, 15) is 0 Å². The van der Waals surface area contributed by atoms with Crippen LogP contribution in [0.4, 0.5) is 5.95 Å². The zero-order chi connectivity index (χ0) is 13.9. The molecule has 0 aromatic carbocycles. The zero-order valence-electron chi connectivity index (χ0n) is 12.9. The molecule has 1 aromatic rings. The molecule has 2 heterocycles.